The number of thioether (sulfide) groups is 1. The first kappa shape index (κ1) is 22.7. The lowest BCUT2D eigenvalue weighted by atomic mass is 9.93. The number of aromatic nitrogens is 2. The molecule has 0 fully saturated rings. The molecule has 0 bridgehead atoms. The number of nitrogens with zero attached hydrogens (tertiary/aromatic N) is 2. The van der Waals surface area contributed by atoms with Crippen LogP contribution in [-0.2, 0) is 4.74 Å². The van der Waals surface area contributed by atoms with Crippen LogP contribution < -0.4 is 0 Å². The van der Waals surface area contributed by atoms with Crippen molar-refractivity contribution in [2.75, 3.05) is 13.4 Å². The summed E-state index contributed by atoms with van der Waals surface area (Å²) in [6.07, 6.45) is 7.40. The van der Waals surface area contributed by atoms with Gasteiger partial charge in [0.2, 0.25) is 0 Å². The fourth-order valence-electron chi connectivity index (χ4n) is 4.19. The van der Waals surface area contributed by atoms with Gasteiger partial charge in [-0.25, -0.2) is 9.78 Å². The maximum Gasteiger partial charge on any atom is 0.339 e. The van der Waals surface area contributed by atoms with Gasteiger partial charge >= 0.3 is 5.97 Å². The molecule has 172 valence electrons. The molecule has 0 N–H and O–H groups in total. The number of hydrogen-bond donors (Lipinski definition) is 0. The molecule has 4 aromatic carbocycles. The molecule has 5 rings (SSSR count). The van der Waals surface area contributed by atoms with Crippen molar-refractivity contribution in [3.8, 4) is 39.1 Å². The van der Waals surface area contributed by atoms with E-state index in [9.17, 15) is 4.79 Å². The van der Waals surface area contributed by atoms with Crippen molar-refractivity contribution in [3.05, 3.63) is 115 Å². The molecule has 1 heterocycles. The minimum Gasteiger partial charge on any atom is -0.465 e. The summed E-state index contributed by atoms with van der Waals surface area (Å²) in [5.74, 6) is -0.339. The second kappa shape index (κ2) is 10.0. The molecule has 5 aromatic rings. The summed E-state index contributed by atoms with van der Waals surface area (Å²) in [6, 6.07) is 31.1. The van der Waals surface area contributed by atoms with E-state index in [1.54, 1.807) is 24.3 Å². The first-order valence-corrected chi connectivity index (χ1v) is 12.5. The SMILES string of the molecule is COC(=O)c1c(SC)cc(-c2ccc(-c3ccccc3)cc2)cc1-c1ccc(-n2ccnc2)cc1. The summed E-state index contributed by atoms with van der Waals surface area (Å²) in [6.45, 7) is 0. The molecule has 0 saturated heterocycles. The Morgan fingerprint density at radius 1 is 0.800 bits per heavy atom. The minimum atomic E-state index is -0.339. The van der Waals surface area contributed by atoms with Crippen LogP contribution in [0.15, 0.2) is 115 Å². The molecule has 4 nitrogen and oxygen atoms in total. The van der Waals surface area contributed by atoms with Crippen molar-refractivity contribution in [2.24, 2.45) is 0 Å². The number of ether oxygens (including phenoxy) is 1. The zero-order valence-corrected chi connectivity index (χ0v) is 20.3. The molecule has 0 aliphatic heterocycles. The topological polar surface area (TPSA) is 44.1 Å². The van der Waals surface area contributed by atoms with Gasteiger partial charge in [-0.2, -0.15) is 0 Å². The molecule has 0 unspecified atom stereocenters. The second-order valence-electron chi connectivity index (χ2n) is 8.05. The minimum absolute atomic E-state index is 0.339. The summed E-state index contributed by atoms with van der Waals surface area (Å²) in [4.78, 5) is 17.8. The number of imidazole rings is 1. The fourth-order valence-corrected chi connectivity index (χ4v) is 4.84. The van der Waals surface area contributed by atoms with Crippen molar-refractivity contribution in [1.29, 1.82) is 0 Å². The molecule has 0 amide bonds. The van der Waals surface area contributed by atoms with E-state index in [0.717, 1.165) is 32.8 Å². The predicted molar refractivity (Wildman–Crippen MR) is 143 cm³/mol. The predicted octanol–water partition coefficient (Wildman–Crippen LogP) is 7.38. The average molecular weight is 477 g/mol. The molecular formula is C30H24N2O2S. The van der Waals surface area contributed by atoms with Gasteiger partial charge in [-0.3, -0.25) is 0 Å². The van der Waals surface area contributed by atoms with Gasteiger partial charge in [-0.05, 0) is 63.9 Å². The van der Waals surface area contributed by atoms with Gasteiger partial charge < -0.3 is 9.30 Å². The van der Waals surface area contributed by atoms with Crippen LogP contribution in [-0.4, -0.2) is 28.9 Å². The zero-order chi connectivity index (χ0) is 24.2. The van der Waals surface area contributed by atoms with Crippen molar-refractivity contribution in [1.82, 2.24) is 9.55 Å². The average Bonchev–Trinajstić information content (AvgIpc) is 3.48. The molecule has 1 aromatic heterocycles. The Morgan fingerprint density at radius 3 is 2.03 bits per heavy atom. The maximum atomic E-state index is 12.8. The monoisotopic (exact) mass is 476 g/mol. The number of methoxy groups -OCH3 is 1. The van der Waals surface area contributed by atoms with Gasteiger partial charge in [0.25, 0.3) is 0 Å². The third kappa shape index (κ3) is 4.63. The van der Waals surface area contributed by atoms with Crippen LogP contribution in [0.2, 0.25) is 0 Å². The number of carbonyl (C=O) groups is 1. The van der Waals surface area contributed by atoms with Gasteiger partial charge in [-0.1, -0.05) is 66.7 Å². The number of benzene rings is 4. The number of rotatable bonds is 6. The third-order valence-corrected chi connectivity index (χ3v) is 6.78. The zero-order valence-electron chi connectivity index (χ0n) is 19.5. The van der Waals surface area contributed by atoms with Gasteiger partial charge in [-0.15, -0.1) is 11.8 Å². The van der Waals surface area contributed by atoms with E-state index in [4.69, 9.17) is 4.74 Å². The molecule has 0 atom stereocenters. The lowest BCUT2D eigenvalue weighted by Crippen LogP contribution is -2.06. The van der Waals surface area contributed by atoms with Crippen molar-refractivity contribution in [3.63, 3.8) is 0 Å². The van der Waals surface area contributed by atoms with Crippen LogP contribution in [0.25, 0.3) is 39.1 Å². The lowest BCUT2D eigenvalue weighted by Gasteiger charge is -2.16. The summed E-state index contributed by atoms with van der Waals surface area (Å²) < 4.78 is 7.12. The molecule has 5 heteroatoms. The first-order valence-electron chi connectivity index (χ1n) is 11.2. The standard InChI is InChI=1S/C30H24N2O2S/c1-34-30(33)29-27(24-12-14-26(15-13-24)32-17-16-31-20-32)18-25(19-28(29)35-2)23-10-8-22(9-11-23)21-6-4-3-5-7-21/h3-20H,1-2H3. The Balaban J connectivity index is 1.60. The second-order valence-corrected chi connectivity index (χ2v) is 8.90. The maximum absolute atomic E-state index is 12.8. The van der Waals surface area contributed by atoms with Gasteiger partial charge in [0, 0.05) is 23.0 Å². The smallest absolute Gasteiger partial charge is 0.339 e. The highest BCUT2D eigenvalue weighted by Gasteiger charge is 2.20. The molecule has 35 heavy (non-hydrogen) atoms. The quantitative estimate of drug-likeness (QED) is 0.189. The van der Waals surface area contributed by atoms with E-state index < -0.39 is 0 Å². The number of carbonyl (C=O) groups excluding carboxylic acids is 1. The highest BCUT2D eigenvalue weighted by molar-refractivity contribution is 7.98. The fraction of sp³-hybridized carbons (Fsp3) is 0.0667. The summed E-state index contributed by atoms with van der Waals surface area (Å²) in [5.41, 5.74) is 7.88. The molecule has 0 saturated carbocycles. The van der Waals surface area contributed by atoms with Gasteiger partial charge in [0.1, 0.15) is 0 Å². The Labute approximate surface area is 209 Å². The van der Waals surface area contributed by atoms with E-state index >= 15 is 0 Å². The largest absolute Gasteiger partial charge is 0.465 e. The van der Waals surface area contributed by atoms with Crippen LogP contribution in [0.5, 0.6) is 0 Å². The Morgan fingerprint density at radius 2 is 1.43 bits per heavy atom. The normalized spacial score (nSPS) is 10.8. The molecule has 0 aliphatic carbocycles. The molecular weight excluding hydrogens is 452 g/mol. The number of esters is 1. The van der Waals surface area contributed by atoms with Gasteiger partial charge in [0.05, 0.1) is 19.0 Å². The highest BCUT2D eigenvalue weighted by atomic mass is 32.2. The van der Waals surface area contributed by atoms with Crippen LogP contribution in [0.3, 0.4) is 0 Å². The molecule has 0 aliphatic rings. The molecule has 0 radical (unpaired) electrons. The highest BCUT2D eigenvalue weighted by Crippen LogP contribution is 2.37. The van der Waals surface area contributed by atoms with Crippen molar-refractivity contribution < 1.29 is 9.53 Å². The first-order chi connectivity index (χ1) is 17.2. The van der Waals surface area contributed by atoms with E-state index in [0.29, 0.717) is 5.56 Å². The third-order valence-electron chi connectivity index (χ3n) is 6.02. The van der Waals surface area contributed by atoms with Crippen molar-refractivity contribution in [2.45, 2.75) is 4.90 Å². The van der Waals surface area contributed by atoms with E-state index in [1.165, 1.54) is 18.2 Å². The van der Waals surface area contributed by atoms with Gasteiger partial charge in [0.15, 0.2) is 0 Å². The van der Waals surface area contributed by atoms with Crippen LogP contribution in [0.4, 0.5) is 0 Å². The van der Waals surface area contributed by atoms with Crippen LogP contribution in [0, 0.1) is 0 Å². The van der Waals surface area contributed by atoms with E-state index in [1.807, 2.05) is 59.5 Å². The Hall–Kier alpha value is -4.09. The lowest BCUT2D eigenvalue weighted by molar-refractivity contribution is 0.0598. The van der Waals surface area contributed by atoms with Crippen molar-refractivity contribution >= 4 is 17.7 Å². The summed E-state index contributed by atoms with van der Waals surface area (Å²) in [5, 5.41) is 0. The summed E-state index contributed by atoms with van der Waals surface area (Å²) >= 11 is 1.54. The number of hydrogen-bond acceptors (Lipinski definition) is 4. The Bertz CT molecular complexity index is 1440. The van der Waals surface area contributed by atoms with Crippen LogP contribution >= 0.6 is 11.8 Å². The van der Waals surface area contributed by atoms with Crippen LogP contribution in [0.1, 0.15) is 10.4 Å². The van der Waals surface area contributed by atoms with E-state index in [-0.39, 0.29) is 5.97 Å². The molecule has 0 spiro atoms. The van der Waals surface area contributed by atoms with E-state index in [2.05, 4.69) is 53.5 Å². The summed E-state index contributed by atoms with van der Waals surface area (Å²) in [7, 11) is 1.43. The Kier molecular flexibility index (Phi) is 6.51.